The van der Waals surface area contributed by atoms with Gasteiger partial charge in [0.1, 0.15) is 5.69 Å². The van der Waals surface area contributed by atoms with Crippen molar-refractivity contribution >= 4 is 5.91 Å². The molecular formula is C18H22F2N4O. The number of alkyl halides is 2. The highest BCUT2D eigenvalue weighted by Crippen LogP contribution is 2.20. The number of hydrogen-bond acceptors (Lipinski definition) is 3. The molecule has 5 nitrogen and oxygen atoms in total. The molecule has 25 heavy (non-hydrogen) atoms. The molecule has 1 fully saturated rings. The van der Waals surface area contributed by atoms with Gasteiger partial charge in [-0.05, 0) is 43.5 Å². The maximum absolute atomic E-state index is 13.1. The van der Waals surface area contributed by atoms with E-state index in [1.165, 1.54) is 12.1 Å². The molecule has 2 aromatic heterocycles. The summed E-state index contributed by atoms with van der Waals surface area (Å²) in [5.74, 6) is -0.431. The summed E-state index contributed by atoms with van der Waals surface area (Å²) in [6.07, 6.45) is 5.22. The Morgan fingerprint density at radius 1 is 1.32 bits per heavy atom. The lowest BCUT2D eigenvalue weighted by Crippen LogP contribution is -2.44. The van der Waals surface area contributed by atoms with Gasteiger partial charge in [0, 0.05) is 43.8 Å². The first-order valence-electron chi connectivity index (χ1n) is 8.42. The van der Waals surface area contributed by atoms with Crippen LogP contribution in [-0.2, 0) is 6.54 Å². The van der Waals surface area contributed by atoms with Crippen LogP contribution in [-0.4, -0.2) is 39.5 Å². The van der Waals surface area contributed by atoms with Gasteiger partial charge in [0.05, 0.1) is 0 Å². The van der Waals surface area contributed by atoms with Gasteiger partial charge in [0.25, 0.3) is 5.91 Å². The normalized spacial score (nSPS) is 16.3. The Morgan fingerprint density at radius 2 is 2.08 bits per heavy atom. The smallest absolute Gasteiger partial charge is 0.319 e. The molecule has 3 heterocycles. The van der Waals surface area contributed by atoms with Crippen molar-refractivity contribution in [2.24, 2.45) is 0 Å². The fourth-order valence-electron chi connectivity index (χ4n) is 3.24. The van der Waals surface area contributed by atoms with E-state index in [0.29, 0.717) is 5.69 Å². The van der Waals surface area contributed by atoms with Gasteiger partial charge in [-0.15, -0.1) is 0 Å². The number of pyridine rings is 1. The number of aromatic nitrogens is 2. The van der Waals surface area contributed by atoms with Gasteiger partial charge in [-0.25, -0.2) is 0 Å². The first kappa shape index (κ1) is 17.5. The molecule has 0 aromatic carbocycles. The van der Waals surface area contributed by atoms with Gasteiger partial charge >= 0.3 is 6.55 Å². The van der Waals surface area contributed by atoms with E-state index in [1.807, 2.05) is 18.3 Å². The lowest BCUT2D eigenvalue weighted by atomic mass is 10.0. The average molecular weight is 348 g/mol. The van der Waals surface area contributed by atoms with Crippen LogP contribution in [0.4, 0.5) is 8.78 Å². The van der Waals surface area contributed by atoms with E-state index in [4.69, 9.17) is 0 Å². The third-order valence-corrected chi connectivity index (χ3v) is 4.60. The zero-order valence-electron chi connectivity index (χ0n) is 14.2. The second-order valence-electron chi connectivity index (χ2n) is 6.39. The zero-order chi connectivity index (χ0) is 17.8. The molecule has 1 aliphatic rings. The van der Waals surface area contributed by atoms with E-state index < -0.39 is 12.5 Å². The highest BCUT2D eigenvalue weighted by Gasteiger charge is 2.24. The molecule has 134 valence electrons. The number of likely N-dealkylation sites (tertiary alicyclic amines) is 1. The molecule has 0 bridgehead atoms. The predicted molar refractivity (Wildman–Crippen MR) is 90.4 cm³/mol. The highest BCUT2D eigenvalue weighted by molar-refractivity contribution is 5.93. The van der Waals surface area contributed by atoms with Crippen molar-refractivity contribution in [2.75, 3.05) is 13.1 Å². The van der Waals surface area contributed by atoms with E-state index in [1.54, 1.807) is 13.1 Å². The summed E-state index contributed by atoms with van der Waals surface area (Å²) in [5.41, 5.74) is 1.56. The maximum atomic E-state index is 13.1. The number of aryl methyl sites for hydroxylation is 1. The van der Waals surface area contributed by atoms with Crippen molar-refractivity contribution in [2.45, 2.75) is 38.9 Å². The largest absolute Gasteiger partial charge is 0.348 e. The molecule has 1 aliphatic heterocycles. The summed E-state index contributed by atoms with van der Waals surface area (Å²) in [6, 6.07) is 6.97. The topological polar surface area (TPSA) is 50.2 Å². The number of hydrogen-bond donors (Lipinski definition) is 1. The third-order valence-electron chi connectivity index (χ3n) is 4.60. The van der Waals surface area contributed by atoms with Gasteiger partial charge in [-0.2, -0.15) is 8.78 Å². The fourth-order valence-corrected chi connectivity index (χ4v) is 3.24. The first-order valence-corrected chi connectivity index (χ1v) is 8.42. The van der Waals surface area contributed by atoms with Gasteiger partial charge < -0.3 is 5.32 Å². The Bertz CT molecular complexity index is 709. The lowest BCUT2D eigenvalue weighted by molar-refractivity contribution is 0.0608. The summed E-state index contributed by atoms with van der Waals surface area (Å²) in [4.78, 5) is 18.8. The number of halogens is 2. The Kier molecular flexibility index (Phi) is 5.43. The van der Waals surface area contributed by atoms with E-state index in [0.717, 1.165) is 42.6 Å². The standard InChI is InChI=1S/C18H22F2N4O/c1-13-4-5-16(24(13)18(19)20)17(25)22-15-6-9-23(10-7-15)12-14-3-2-8-21-11-14/h2-5,8,11,15,18H,6-7,9-10,12H2,1H3,(H,22,25). The molecule has 7 heteroatoms. The molecule has 1 saturated heterocycles. The molecule has 1 N–H and O–H groups in total. The lowest BCUT2D eigenvalue weighted by Gasteiger charge is -2.32. The summed E-state index contributed by atoms with van der Waals surface area (Å²) in [7, 11) is 0. The van der Waals surface area contributed by atoms with Crippen molar-refractivity contribution in [3.05, 3.63) is 53.6 Å². The molecular weight excluding hydrogens is 326 g/mol. The van der Waals surface area contributed by atoms with E-state index in [9.17, 15) is 13.6 Å². The van der Waals surface area contributed by atoms with Crippen LogP contribution >= 0.6 is 0 Å². The van der Waals surface area contributed by atoms with E-state index >= 15 is 0 Å². The van der Waals surface area contributed by atoms with Gasteiger partial charge in [0.15, 0.2) is 0 Å². The second kappa shape index (κ2) is 7.74. The molecule has 2 aromatic rings. The van der Waals surface area contributed by atoms with Crippen LogP contribution in [0, 0.1) is 6.92 Å². The van der Waals surface area contributed by atoms with Crippen molar-refractivity contribution in [3.63, 3.8) is 0 Å². The van der Waals surface area contributed by atoms with Crippen LogP contribution < -0.4 is 5.32 Å². The number of rotatable bonds is 5. The Hall–Kier alpha value is -2.28. The van der Waals surface area contributed by atoms with Crippen LogP contribution in [0.1, 0.15) is 41.1 Å². The van der Waals surface area contributed by atoms with Crippen LogP contribution in [0.2, 0.25) is 0 Å². The third kappa shape index (κ3) is 4.22. The Labute approximate surface area is 145 Å². The van der Waals surface area contributed by atoms with Gasteiger partial charge in [-0.3, -0.25) is 19.2 Å². The van der Waals surface area contributed by atoms with Crippen molar-refractivity contribution in [1.29, 1.82) is 0 Å². The number of nitrogens with one attached hydrogen (secondary N) is 1. The summed E-state index contributed by atoms with van der Waals surface area (Å²) < 4.78 is 27.0. The molecule has 0 saturated carbocycles. The fraction of sp³-hybridized carbons (Fsp3) is 0.444. The minimum absolute atomic E-state index is 0.0129. The second-order valence-corrected chi connectivity index (χ2v) is 6.39. The van der Waals surface area contributed by atoms with Crippen molar-refractivity contribution < 1.29 is 13.6 Å². The molecule has 0 unspecified atom stereocenters. The molecule has 0 atom stereocenters. The Morgan fingerprint density at radius 3 is 2.72 bits per heavy atom. The zero-order valence-corrected chi connectivity index (χ0v) is 14.2. The number of carbonyl (C=O) groups is 1. The molecule has 3 rings (SSSR count). The Balaban J connectivity index is 1.53. The van der Waals surface area contributed by atoms with Crippen molar-refractivity contribution in [1.82, 2.24) is 19.8 Å². The van der Waals surface area contributed by atoms with Crippen LogP contribution in [0.15, 0.2) is 36.7 Å². The predicted octanol–water partition coefficient (Wildman–Crippen LogP) is 2.98. The SMILES string of the molecule is Cc1ccc(C(=O)NC2CCN(Cc3cccnc3)CC2)n1C(F)F. The number of nitrogens with zero attached hydrogens (tertiary/aromatic N) is 3. The van der Waals surface area contributed by atoms with Crippen LogP contribution in [0.25, 0.3) is 0 Å². The first-order chi connectivity index (χ1) is 12.0. The minimum Gasteiger partial charge on any atom is -0.348 e. The van der Waals surface area contributed by atoms with Gasteiger partial charge in [-0.1, -0.05) is 6.07 Å². The summed E-state index contributed by atoms with van der Waals surface area (Å²) >= 11 is 0. The number of amides is 1. The van der Waals surface area contributed by atoms with Crippen LogP contribution in [0.5, 0.6) is 0 Å². The van der Waals surface area contributed by atoms with Crippen molar-refractivity contribution in [3.8, 4) is 0 Å². The number of carbonyl (C=O) groups excluding carboxylic acids is 1. The van der Waals surface area contributed by atoms with Crippen LogP contribution in [0.3, 0.4) is 0 Å². The van der Waals surface area contributed by atoms with E-state index in [-0.39, 0.29) is 11.7 Å². The number of piperidine rings is 1. The average Bonchev–Trinajstić information content (AvgIpc) is 2.99. The molecule has 0 radical (unpaired) electrons. The quantitative estimate of drug-likeness (QED) is 0.904. The highest BCUT2D eigenvalue weighted by atomic mass is 19.3. The maximum Gasteiger partial charge on any atom is 0.319 e. The monoisotopic (exact) mass is 348 g/mol. The molecule has 0 aliphatic carbocycles. The minimum atomic E-state index is -2.71. The molecule has 1 amide bonds. The summed E-state index contributed by atoms with van der Waals surface area (Å²) in [5, 5.41) is 2.90. The molecule has 0 spiro atoms. The summed E-state index contributed by atoms with van der Waals surface area (Å²) in [6.45, 7) is 1.41. The van der Waals surface area contributed by atoms with E-state index in [2.05, 4.69) is 15.2 Å². The van der Waals surface area contributed by atoms with Gasteiger partial charge in [0.2, 0.25) is 0 Å².